The SMILES string of the molecule is Cc1c(Nc2nccc3cc(CN4CCC(O)C4)cnc23)cccc1-c1cccc(-c2nc3cc(N(C)CC(C)(C)C(=O)O)cc(C#N)c3o2)c1C. The summed E-state index contributed by atoms with van der Waals surface area (Å²) in [6.45, 7) is 10.0. The van der Waals surface area contributed by atoms with Gasteiger partial charge in [0.05, 0.1) is 17.1 Å². The molecule has 52 heavy (non-hydrogen) atoms. The van der Waals surface area contributed by atoms with Crippen LogP contribution in [0.2, 0.25) is 0 Å². The van der Waals surface area contributed by atoms with Gasteiger partial charge in [-0.15, -0.1) is 0 Å². The second-order valence-electron chi connectivity index (χ2n) is 14.4. The predicted molar refractivity (Wildman–Crippen MR) is 202 cm³/mol. The number of nitrogens with one attached hydrogen (secondary N) is 1. The second kappa shape index (κ2) is 13.7. The van der Waals surface area contributed by atoms with E-state index in [1.807, 2.05) is 54.4 Å². The van der Waals surface area contributed by atoms with Crippen molar-refractivity contribution in [1.29, 1.82) is 5.26 Å². The normalized spacial score (nSPS) is 14.9. The average molecular weight is 696 g/mol. The number of carbonyl (C=O) groups is 1. The standard InChI is InChI=1S/C41H41N7O4/c1-24-31(8-6-10-33(24)39-46-35-18-29(17-28(19-42)37(35)52-39)47(5)23-41(3,4)40(50)51)32-9-7-11-34(25(32)2)45-38-36-27(12-14-43-38)16-26(20-44-36)21-48-15-13-30(49)22-48/h6-12,14,16-18,20,30,49H,13,15,21-23H2,1-5H3,(H,43,45)(H,50,51). The van der Waals surface area contributed by atoms with Gasteiger partial charge in [-0.2, -0.15) is 5.26 Å². The highest BCUT2D eigenvalue weighted by Crippen LogP contribution is 2.38. The van der Waals surface area contributed by atoms with E-state index in [0.29, 0.717) is 40.6 Å². The van der Waals surface area contributed by atoms with Crippen molar-refractivity contribution in [3.05, 3.63) is 95.3 Å². The number of carboxylic acid groups (broad SMARTS) is 1. The lowest BCUT2D eigenvalue weighted by atomic mass is 9.93. The number of hydrogen-bond donors (Lipinski definition) is 3. The Labute approximate surface area is 302 Å². The van der Waals surface area contributed by atoms with Gasteiger partial charge < -0.3 is 24.8 Å². The van der Waals surface area contributed by atoms with Gasteiger partial charge in [0.2, 0.25) is 5.89 Å². The fraction of sp³-hybridized carbons (Fsp3) is 0.293. The molecule has 1 atom stereocenters. The van der Waals surface area contributed by atoms with Gasteiger partial charge in [-0.1, -0.05) is 24.3 Å². The van der Waals surface area contributed by atoms with E-state index in [4.69, 9.17) is 14.4 Å². The average Bonchev–Trinajstić information content (AvgIpc) is 3.74. The number of anilines is 3. The first-order valence-electron chi connectivity index (χ1n) is 17.3. The van der Waals surface area contributed by atoms with Crippen LogP contribution in [-0.2, 0) is 11.3 Å². The van der Waals surface area contributed by atoms with Crippen molar-refractivity contribution in [2.75, 3.05) is 36.9 Å². The van der Waals surface area contributed by atoms with Crippen LogP contribution >= 0.6 is 0 Å². The zero-order valence-electron chi connectivity index (χ0n) is 29.9. The molecule has 0 aliphatic carbocycles. The predicted octanol–water partition coefficient (Wildman–Crippen LogP) is 7.45. The van der Waals surface area contributed by atoms with Crippen molar-refractivity contribution in [2.45, 2.75) is 46.8 Å². The Morgan fingerprint density at radius 3 is 2.56 bits per heavy atom. The summed E-state index contributed by atoms with van der Waals surface area (Å²) in [5.74, 6) is 0.168. The molecule has 6 aromatic rings. The van der Waals surface area contributed by atoms with Crippen LogP contribution in [0, 0.1) is 30.6 Å². The summed E-state index contributed by atoms with van der Waals surface area (Å²) in [4.78, 5) is 30.1. The zero-order valence-corrected chi connectivity index (χ0v) is 29.9. The van der Waals surface area contributed by atoms with E-state index in [2.05, 4.69) is 46.4 Å². The van der Waals surface area contributed by atoms with Crippen molar-refractivity contribution in [1.82, 2.24) is 19.9 Å². The summed E-state index contributed by atoms with van der Waals surface area (Å²) in [6.07, 6.45) is 4.23. The van der Waals surface area contributed by atoms with Crippen LogP contribution in [0.25, 0.3) is 44.6 Å². The minimum atomic E-state index is -0.986. The molecule has 7 rings (SSSR count). The van der Waals surface area contributed by atoms with Crippen LogP contribution in [-0.4, -0.2) is 68.8 Å². The molecule has 0 bridgehead atoms. The second-order valence-corrected chi connectivity index (χ2v) is 14.4. The number of carboxylic acids is 1. The highest BCUT2D eigenvalue weighted by Gasteiger charge is 2.29. The quantitative estimate of drug-likeness (QED) is 0.131. The van der Waals surface area contributed by atoms with Crippen LogP contribution in [0.15, 0.2) is 77.5 Å². The summed E-state index contributed by atoms with van der Waals surface area (Å²) in [5.41, 5.74) is 8.57. The van der Waals surface area contributed by atoms with E-state index in [0.717, 1.165) is 69.5 Å². The van der Waals surface area contributed by atoms with Gasteiger partial charge in [-0.3, -0.25) is 14.7 Å². The number of rotatable bonds is 10. The van der Waals surface area contributed by atoms with E-state index < -0.39 is 11.4 Å². The maximum absolute atomic E-state index is 11.8. The Morgan fingerprint density at radius 2 is 1.83 bits per heavy atom. The molecule has 1 aliphatic rings. The molecule has 11 nitrogen and oxygen atoms in total. The number of hydrogen-bond acceptors (Lipinski definition) is 10. The van der Waals surface area contributed by atoms with Gasteiger partial charge in [0.25, 0.3) is 0 Å². The first-order chi connectivity index (χ1) is 24.9. The number of aliphatic hydroxyl groups is 1. The number of aromatic nitrogens is 3. The minimum absolute atomic E-state index is 0.247. The molecule has 0 amide bonds. The summed E-state index contributed by atoms with van der Waals surface area (Å²) >= 11 is 0. The zero-order chi connectivity index (χ0) is 36.7. The number of aliphatic hydroxyl groups excluding tert-OH is 1. The molecule has 1 aliphatic heterocycles. The monoisotopic (exact) mass is 695 g/mol. The van der Waals surface area contributed by atoms with E-state index >= 15 is 0 Å². The van der Waals surface area contributed by atoms with Crippen LogP contribution < -0.4 is 10.2 Å². The summed E-state index contributed by atoms with van der Waals surface area (Å²) in [7, 11) is 1.80. The maximum atomic E-state index is 11.8. The fourth-order valence-corrected chi connectivity index (χ4v) is 7.04. The molecule has 0 radical (unpaired) electrons. The number of fused-ring (bicyclic) bond motifs is 2. The van der Waals surface area contributed by atoms with Crippen molar-refractivity contribution in [2.24, 2.45) is 5.41 Å². The number of aliphatic carboxylic acids is 1. The molecule has 3 aromatic heterocycles. The lowest BCUT2D eigenvalue weighted by Gasteiger charge is -2.28. The smallest absolute Gasteiger partial charge is 0.310 e. The van der Waals surface area contributed by atoms with Gasteiger partial charge >= 0.3 is 5.97 Å². The number of β-amino-alcohol motifs (C(OH)–C–C–N with tert-alkyl or cyclic N) is 1. The molecular weight excluding hydrogens is 654 g/mol. The molecule has 3 N–H and O–H groups in total. The lowest BCUT2D eigenvalue weighted by molar-refractivity contribution is -0.146. The molecule has 4 heterocycles. The molecule has 0 saturated carbocycles. The number of nitriles is 1. The summed E-state index contributed by atoms with van der Waals surface area (Å²) in [6, 6.07) is 22.0. The van der Waals surface area contributed by atoms with Crippen molar-refractivity contribution in [3.8, 4) is 28.7 Å². The van der Waals surface area contributed by atoms with Gasteiger partial charge in [0, 0.05) is 67.9 Å². The highest BCUT2D eigenvalue weighted by molar-refractivity contribution is 5.92. The molecule has 1 unspecified atom stereocenters. The van der Waals surface area contributed by atoms with Gasteiger partial charge in [0.15, 0.2) is 11.4 Å². The first-order valence-corrected chi connectivity index (χ1v) is 17.3. The highest BCUT2D eigenvalue weighted by atomic mass is 16.4. The Kier molecular flexibility index (Phi) is 9.13. The fourth-order valence-electron chi connectivity index (χ4n) is 7.04. The van der Waals surface area contributed by atoms with Crippen LogP contribution in [0.3, 0.4) is 0 Å². The number of benzene rings is 3. The Bertz CT molecular complexity index is 2380. The third-order valence-corrected chi connectivity index (χ3v) is 10.00. The molecule has 1 fully saturated rings. The van der Waals surface area contributed by atoms with Crippen molar-refractivity contribution < 1.29 is 19.4 Å². The molecule has 1 saturated heterocycles. The largest absolute Gasteiger partial charge is 0.481 e. The number of pyridine rings is 2. The molecule has 264 valence electrons. The Balaban J connectivity index is 1.18. The third kappa shape index (κ3) is 6.66. The molecule has 3 aromatic carbocycles. The molecular formula is C41H41N7O4. The van der Waals surface area contributed by atoms with Crippen LogP contribution in [0.1, 0.15) is 42.5 Å². The summed E-state index contributed by atoms with van der Waals surface area (Å²) in [5, 5.41) is 34.1. The topological polar surface area (TPSA) is 152 Å². The van der Waals surface area contributed by atoms with Gasteiger partial charge in [0.1, 0.15) is 17.1 Å². The van der Waals surface area contributed by atoms with Crippen molar-refractivity contribution >= 4 is 45.2 Å². The number of nitrogens with zero attached hydrogens (tertiary/aromatic N) is 6. The van der Waals surface area contributed by atoms with E-state index in [1.54, 1.807) is 33.2 Å². The summed E-state index contributed by atoms with van der Waals surface area (Å²) < 4.78 is 6.26. The van der Waals surface area contributed by atoms with Gasteiger partial charge in [-0.05, 0) is 98.3 Å². The van der Waals surface area contributed by atoms with Crippen LogP contribution in [0.4, 0.5) is 17.2 Å². The Morgan fingerprint density at radius 1 is 1.08 bits per heavy atom. The lowest BCUT2D eigenvalue weighted by Crippen LogP contribution is -2.37. The van der Waals surface area contributed by atoms with E-state index in [-0.39, 0.29) is 12.6 Å². The van der Waals surface area contributed by atoms with Crippen molar-refractivity contribution in [3.63, 3.8) is 0 Å². The first kappa shape index (κ1) is 34.6. The maximum Gasteiger partial charge on any atom is 0.310 e. The Hall–Kier alpha value is -5.83. The minimum Gasteiger partial charge on any atom is -0.481 e. The molecule has 0 spiro atoms. The van der Waals surface area contributed by atoms with Crippen LogP contribution in [0.5, 0.6) is 0 Å². The third-order valence-electron chi connectivity index (χ3n) is 10.00. The van der Waals surface area contributed by atoms with Gasteiger partial charge in [-0.25, -0.2) is 9.97 Å². The number of likely N-dealkylation sites (tertiary alicyclic amines) is 1. The number of oxazole rings is 1. The van der Waals surface area contributed by atoms with E-state index in [9.17, 15) is 20.3 Å². The molecule has 11 heteroatoms. The van der Waals surface area contributed by atoms with E-state index in [1.165, 1.54) is 0 Å².